The standard InChI is InChI=1S/C16H19N3O/c1-11-7-8-14(10-16(11)19-13(3)20)18-12(2)15-6-4-5-9-17-15/h4-10,12,18H,1-3H3,(H,19,20). The van der Waals surface area contributed by atoms with E-state index < -0.39 is 0 Å². The van der Waals surface area contributed by atoms with Crippen LogP contribution in [-0.4, -0.2) is 10.9 Å². The molecule has 0 bridgehead atoms. The van der Waals surface area contributed by atoms with Gasteiger partial charge in [-0.2, -0.15) is 0 Å². The molecule has 1 atom stereocenters. The Kier molecular flexibility index (Phi) is 4.35. The average Bonchev–Trinajstić information content (AvgIpc) is 2.43. The maximum absolute atomic E-state index is 11.2. The van der Waals surface area contributed by atoms with E-state index in [2.05, 4.69) is 22.5 Å². The molecule has 20 heavy (non-hydrogen) atoms. The molecule has 104 valence electrons. The minimum absolute atomic E-state index is 0.0666. The first-order valence-electron chi connectivity index (χ1n) is 6.62. The van der Waals surface area contributed by atoms with Crippen LogP contribution in [0.5, 0.6) is 0 Å². The van der Waals surface area contributed by atoms with Gasteiger partial charge in [0.05, 0.1) is 11.7 Å². The highest BCUT2D eigenvalue weighted by atomic mass is 16.1. The summed E-state index contributed by atoms with van der Waals surface area (Å²) in [5, 5.41) is 6.22. The van der Waals surface area contributed by atoms with Crippen LogP contribution in [0.25, 0.3) is 0 Å². The summed E-state index contributed by atoms with van der Waals surface area (Å²) in [4.78, 5) is 15.5. The molecule has 0 aliphatic rings. The number of aromatic nitrogens is 1. The van der Waals surface area contributed by atoms with Gasteiger partial charge in [-0.1, -0.05) is 12.1 Å². The molecular weight excluding hydrogens is 250 g/mol. The summed E-state index contributed by atoms with van der Waals surface area (Å²) in [6.45, 7) is 5.54. The van der Waals surface area contributed by atoms with Crippen molar-refractivity contribution < 1.29 is 4.79 Å². The predicted molar refractivity (Wildman–Crippen MR) is 81.8 cm³/mol. The number of anilines is 2. The molecule has 0 aliphatic heterocycles. The van der Waals surface area contributed by atoms with E-state index in [1.54, 1.807) is 6.20 Å². The molecule has 1 aromatic heterocycles. The Morgan fingerprint density at radius 1 is 1.25 bits per heavy atom. The maximum Gasteiger partial charge on any atom is 0.221 e. The van der Waals surface area contributed by atoms with E-state index in [0.717, 1.165) is 22.6 Å². The van der Waals surface area contributed by atoms with Gasteiger partial charge in [-0.05, 0) is 43.7 Å². The van der Waals surface area contributed by atoms with E-state index in [1.807, 2.05) is 43.3 Å². The Balaban J connectivity index is 2.15. The number of amides is 1. The van der Waals surface area contributed by atoms with E-state index in [0.29, 0.717) is 0 Å². The third kappa shape index (κ3) is 3.57. The van der Waals surface area contributed by atoms with Crippen molar-refractivity contribution in [1.29, 1.82) is 0 Å². The van der Waals surface area contributed by atoms with Crippen LogP contribution in [0.2, 0.25) is 0 Å². The molecule has 1 aromatic carbocycles. The van der Waals surface area contributed by atoms with Crippen molar-refractivity contribution in [3.05, 3.63) is 53.9 Å². The number of pyridine rings is 1. The van der Waals surface area contributed by atoms with Crippen molar-refractivity contribution in [3.63, 3.8) is 0 Å². The van der Waals surface area contributed by atoms with Gasteiger partial charge in [-0.25, -0.2) is 0 Å². The number of hydrogen-bond donors (Lipinski definition) is 2. The number of hydrogen-bond acceptors (Lipinski definition) is 3. The summed E-state index contributed by atoms with van der Waals surface area (Å²) in [7, 11) is 0. The van der Waals surface area contributed by atoms with Crippen molar-refractivity contribution >= 4 is 17.3 Å². The zero-order valence-corrected chi connectivity index (χ0v) is 12.0. The summed E-state index contributed by atoms with van der Waals surface area (Å²) < 4.78 is 0. The summed E-state index contributed by atoms with van der Waals surface area (Å²) in [6, 6.07) is 11.9. The van der Waals surface area contributed by atoms with Gasteiger partial charge in [-0.3, -0.25) is 9.78 Å². The van der Waals surface area contributed by atoms with E-state index in [-0.39, 0.29) is 11.9 Å². The summed E-state index contributed by atoms with van der Waals surface area (Å²) in [5.41, 5.74) is 3.80. The Bertz CT molecular complexity index is 596. The van der Waals surface area contributed by atoms with Crippen molar-refractivity contribution in [3.8, 4) is 0 Å². The van der Waals surface area contributed by atoms with Crippen molar-refractivity contribution in [2.24, 2.45) is 0 Å². The van der Waals surface area contributed by atoms with E-state index in [9.17, 15) is 4.79 Å². The summed E-state index contributed by atoms with van der Waals surface area (Å²) in [6.07, 6.45) is 1.78. The van der Waals surface area contributed by atoms with Gasteiger partial charge in [0, 0.05) is 24.5 Å². The minimum Gasteiger partial charge on any atom is -0.377 e. The molecule has 1 unspecified atom stereocenters. The lowest BCUT2D eigenvalue weighted by Gasteiger charge is -2.16. The zero-order valence-electron chi connectivity index (χ0n) is 12.0. The number of rotatable bonds is 4. The Morgan fingerprint density at radius 2 is 2.05 bits per heavy atom. The van der Waals surface area contributed by atoms with Crippen LogP contribution in [0.3, 0.4) is 0 Å². The van der Waals surface area contributed by atoms with E-state index >= 15 is 0 Å². The molecule has 4 heteroatoms. The number of carbonyl (C=O) groups excluding carboxylic acids is 1. The molecule has 1 heterocycles. The molecule has 1 amide bonds. The highest BCUT2D eigenvalue weighted by Crippen LogP contribution is 2.23. The van der Waals surface area contributed by atoms with Gasteiger partial charge in [0.2, 0.25) is 5.91 Å². The van der Waals surface area contributed by atoms with Crippen LogP contribution in [0.1, 0.15) is 31.1 Å². The normalized spacial score (nSPS) is 11.8. The SMILES string of the molecule is CC(=O)Nc1cc(NC(C)c2ccccn2)ccc1C. The first-order chi connectivity index (χ1) is 9.56. The highest BCUT2D eigenvalue weighted by molar-refractivity contribution is 5.90. The van der Waals surface area contributed by atoms with E-state index in [4.69, 9.17) is 0 Å². The highest BCUT2D eigenvalue weighted by Gasteiger charge is 2.07. The largest absolute Gasteiger partial charge is 0.377 e. The lowest BCUT2D eigenvalue weighted by Crippen LogP contribution is -2.10. The molecule has 2 rings (SSSR count). The predicted octanol–water partition coefficient (Wildman–Crippen LogP) is 3.52. The molecule has 0 saturated heterocycles. The fraction of sp³-hybridized carbons (Fsp3) is 0.250. The second-order valence-corrected chi connectivity index (χ2v) is 4.83. The Labute approximate surface area is 119 Å². The second kappa shape index (κ2) is 6.19. The first-order valence-corrected chi connectivity index (χ1v) is 6.62. The van der Waals surface area contributed by atoms with Crippen LogP contribution in [-0.2, 0) is 4.79 Å². The van der Waals surface area contributed by atoms with Crippen LogP contribution in [0.4, 0.5) is 11.4 Å². The summed E-state index contributed by atoms with van der Waals surface area (Å²) >= 11 is 0. The third-order valence-corrected chi connectivity index (χ3v) is 3.06. The number of nitrogens with one attached hydrogen (secondary N) is 2. The minimum atomic E-state index is -0.0666. The quantitative estimate of drug-likeness (QED) is 0.893. The lowest BCUT2D eigenvalue weighted by atomic mass is 10.1. The molecule has 2 N–H and O–H groups in total. The fourth-order valence-electron chi connectivity index (χ4n) is 1.99. The number of benzene rings is 1. The van der Waals surface area contributed by atoms with Crippen molar-refractivity contribution in [2.45, 2.75) is 26.8 Å². The fourth-order valence-corrected chi connectivity index (χ4v) is 1.99. The van der Waals surface area contributed by atoms with Gasteiger partial charge in [-0.15, -0.1) is 0 Å². The molecule has 4 nitrogen and oxygen atoms in total. The number of carbonyl (C=O) groups is 1. The molecule has 0 radical (unpaired) electrons. The molecule has 0 aliphatic carbocycles. The smallest absolute Gasteiger partial charge is 0.221 e. The number of aryl methyl sites for hydroxylation is 1. The van der Waals surface area contributed by atoms with Gasteiger partial charge in [0.15, 0.2) is 0 Å². The van der Waals surface area contributed by atoms with Crippen molar-refractivity contribution in [1.82, 2.24) is 4.98 Å². The number of nitrogens with zero attached hydrogens (tertiary/aromatic N) is 1. The van der Waals surface area contributed by atoms with Gasteiger partial charge in [0.1, 0.15) is 0 Å². The van der Waals surface area contributed by atoms with Gasteiger partial charge in [0.25, 0.3) is 0 Å². The van der Waals surface area contributed by atoms with Crippen LogP contribution >= 0.6 is 0 Å². The van der Waals surface area contributed by atoms with Gasteiger partial charge < -0.3 is 10.6 Å². The topological polar surface area (TPSA) is 54.0 Å². The Hall–Kier alpha value is -2.36. The summed E-state index contributed by atoms with van der Waals surface area (Å²) in [5.74, 6) is -0.0666. The third-order valence-electron chi connectivity index (χ3n) is 3.06. The molecule has 0 fully saturated rings. The monoisotopic (exact) mass is 269 g/mol. The second-order valence-electron chi connectivity index (χ2n) is 4.83. The van der Waals surface area contributed by atoms with Crippen LogP contribution in [0.15, 0.2) is 42.6 Å². The molecular formula is C16H19N3O. The lowest BCUT2D eigenvalue weighted by molar-refractivity contribution is -0.114. The average molecular weight is 269 g/mol. The van der Waals surface area contributed by atoms with Crippen LogP contribution < -0.4 is 10.6 Å². The molecule has 2 aromatic rings. The van der Waals surface area contributed by atoms with E-state index in [1.165, 1.54) is 6.92 Å². The first kappa shape index (κ1) is 14.1. The molecule has 0 saturated carbocycles. The van der Waals surface area contributed by atoms with Crippen LogP contribution in [0, 0.1) is 6.92 Å². The Morgan fingerprint density at radius 3 is 2.70 bits per heavy atom. The van der Waals surface area contributed by atoms with Crippen molar-refractivity contribution in [2.75, 3.05) is 10.6 Å². The maximum atomic E-state index is 11.2. The van der Waals surface area contributed by atoms with Gasteiger partial charge >= 0.3 is 0 Å². The zero-order chi connectivity index (χ0) is 14.5. The molecule has 0 spiro atoms.